The minimum absolute atomic E-state index is 0.00525. The lowest BCUT2D eigenvalue weighted by Crippen LogP contribution is -2.55. The first-order chi connectivity index (χ1) is 22.1. The van der Waals surface area contributed by atoms with Crippen LogP contribution in [0.15, 0.2) is 30.5 Å². The molecule has 0 radical (unpaired) electrons. The summed E-state index contributed by atoms with van der Waals surface area (Å²) < 4.78 is 23.1. The van der Waals surface area contributed by atoms with Crippen LogP contribution in [0.3, 0.4) is 0 Å². The van der Waals surface area contributed by atoms with E-state index in [4.69, 9.17) is 4.74 Å². The summed E-state index contributed by atoms with van der Waals surface area (Å²) in [5.41, 5.74) is 0.729. The van der Waals surface area contributed by atoms with Crippen LogP contribution in [0, 0.1) is 5.82 Å². The summed E-state index contributed by atoms with van der Waals surface area (Å²) in [4.78, 5) is 56.3. The van der Waals surface area contributed by atoms with Crippen molar-refractivity contribution in [1.82, 2.24) is 30.2 Å². The minimum atomic E-state index is -1.08. The lowest BCUT2D eigenvalue weighted by Gasteiger charge is -2.36. The Balaban J connectivity index is 1.48. The number of likely N-dealkylation sites (N-methyl/N-ethyl adjacent to an activating group) is 1. The number of piperazine rings is 1. The molecule has 13 heteroatoms. The number of amides is 4. The van der Waals surface area contributed by atoms with E-state index in [9.17, 15) is 19.2 Å². The Labute approximate surface area is 270 Å². The summed E-state index contributed by atoms with van der Waals surface area (Å²) in [5, 5.41) is 12.3. The maximum Gasteiger partial charge on any atom is 0.270 e. The van der Waals surface area contributed by atoms with Crippen LogP contribution in [0.2, 0.25) is 0 Å². The summed E-state index contributed by atoms with van der Waals surface area (Å²) in [6.45, 7) is 8.30. The average Bonchev–Trinajstić information content (AvgIpc) is 3.56. The molecule has 1 aromatic heterocycles. The smallest absolute Gasteiger partial charge is 0.270 e. The third-order valence-electron chi connectivity index (χ3n) is 8.92. The number of nitrogens with one attached hydrogen (secondary N) is 3. The van der Waals surface area contributed by atoms with Gasteiger partial charge in [0, 0.05) is 51.3 Å². The average molecular weight is 642 g/mol. The molecule has 4 amide bonds. The zero-order valence-corrected chi connectivity index (χ0v) is 27.4. The van der Waals surface area contributed by atoms with E-state index in [-0.39, 0.29) is 36.6 Å². The lowest BCUT2D eigenvalue weighted by atomic mass is 9.91. The number of aryl methyl sites for hydroxylation is 1. The Morgan fingerprint density at radius 3 is 2.39 bits per heavy atom. The highest BCUT2D eigenvalue weighted by atomic mass is 19.1. The highest BCUT2D eigenvalue weighted by Crippen LogP contribution is 2.26. The summed E-state index contributed by atoms with van der Waals surface area (Å²) in [5.74, 6) is -2.82. The van der Waals surface area contributed by atoms with Gasteiger partial charge in [-0.3, -0.25) is 23.9 Å². The summed E-state index contributed by atoms with van der Waals surface area (Å²) in [6, 6.07) is 3.96. The molecule has 12 nitrogen and oxygen atoms in total. The molecule has 1 aliphatic carbocycles. The molecule has 1 saturated carbocycles. The van der Waals surface area contributed by atoms with Crippen molar-refractivity contribution in [3.63, 3.8) is 0 Å². The molecule has 46 heavy (non-hydrogen) atoms. The van der Waals surface area contributed by atoms with Crippen molar-refractivity contribution >= 4 is 29.3 Å². The Morgan fingerprint density at radius 2 is 1.74 bits per heavy atom. The molecule has 4 rings (SSSR count). The summed E-state index contributed by atoms with van der Waals surface area (Å²) in [7, 11) is 1.99. The van der Waals surface area contributed by atoms with E-state index in [1.807, 2.05) is 14.0 Å². The van der Waals surface area contributed by atoms with Gasteiger partial charge < -0.3 is 30.5 Å². The predicted molar refractivity (Wildman–Crippen MR) is 172 cm³/mol. The molecule has 252 valence electrons. The first kappa shape index (κ1) is 35.0. The van der Waals surface area contributed by atoms with E-state index in [1.165, 1.54) is 23.0 Å². The fourth-order valence-electron chi connectivity index (χ4n) is 5.88. The van der Waals surface area contributed by atoms with Crippen molar-refractivity contribution in [3.8, 4) is 0 Å². The van der Waals surface area contributed by atoms with Crippen molar-refractivity contribution in [3.05, 3.63) is 47.5 Å². The SMILES string of the molecule is CCC(=O)N[C@@H](C(=O)N1CCN(C)CC1)[C@@H](C)c1ccc(NC(=O)[C@H](COC2CCCCC2)NC(=O)c2ccnn2CC)c(F)c1. The predicted octanol–water partition coefficient (Wildman–Crippen LogP) is 2.90. The Kier molecular flexibility index (Phi) is 12.7. The molecular formula is C33H48FN7O5. The van der Waals surface area contributed by atoms with Gasteiger partial charge >= 0.3 is 0 Å². The molecule has 3 atom stereocenters. The molecular weight excluding hydrogens is 593 g/mol. The maximum atomic E-state index is 15.6. The maximum absolute atomic E-state index is 15.6. The minimum Gasteiger partial charge on any atom is -0.376 e. The van der Waals surface area contributed by atoms with Gasteiger partial charge in [-0.2, -0.15) is 5.10 Å². The molecule has 2 heterocycles. The molecule has 2 fully saturated rings. The van der Waals surface area contributed by atoms with Gasteiger partial charge in [0.25, 0.3) is 5.91 Å². The Hall–Kier alpha value is -3.84. The third-order valence-corrected chi connectivity index (χ3v) is 8.92. The van der Waals surface area contributed by atoms with Crippen molar-refractivity contribution in [1.29, 1.82) is 0 Å². The highest BCUT2D eigenvalue weighted by Gasteiger charge is 2.33. The van der Waals surface area contributed by atoms with E-state index in [0.29, 0.717) is 30.9 Å². The van der Waals surface area contributed by atoms with Gasteiger partial charge in [-0.15, -0.1) is 0 Å². The largest absolute Gasteiger partial charge is 0.376 e. The number of halogens is 1. The number of ether oxygens (including phenoxy) is 1. The second-order valence-electron chi connectivity index (χ2n) is 12.2. The molecule has 1 aromatic carbocycles. The number of benzene rings is 1. The molecule has 0 bridgehead atoms. The first-order valence-corrected chi connectivity index (χ1v) is 16.4. The van der Waals surface area contributed by atoms with Crippen molar-refractivity contribution < 1.29 is 28.3 Å². The number of aromatic nitrogens is 2. The molecule has 0 unspecified atom stereocenters. The van der Waals surface area contributed by atoms with Gasteiger partial charge in [0.1, 0.15) is 23.6 Å². The number of hydrogen-bond acceptors (Lipinski definition) is 7. The van der Waals surface area contributed by atoms with Crippen molar-refractivity contribution in [2.75, 3.05) is 45.2 Å². The monoisotopic (exact) mass is 641 g/mol. The summed E-state index contributed by atoms with van der Waals surface area (Å²) >= 11 is 0. The van der Waals surface area contributed by atoms with Crippen LogP contribution in [0.4, 0.5) is 10.1 Å². The van der Waals surface area contributed by atoms with Gasteiger partial charge in [0.2, 0.25) is 17.7 Å². The van der Waals surface area contributed by atoms with Gasteiger partial charge in [-0.25, -0.2) is 4.39 Å². The van der Waals surface area contributed by atoms with E-state index in [1.54, 1.807) is 30.9 Å². The Morgan fingerprint density at radius 1 is 1.02 bits per heavy atom. The zero-order chi connectivity index (χ0) is 33.2. The topological polar surface area (TPSA) is 138 Å². The molecule has 1 saturated heterocycles. The van der Waals surface area contributed by atoms with Crippen molar-refractivity contribution in [2.24, 2.45) is 0 Å². The van der Waals surface area contributed by atoms with Gasteiger partial charge in [-0.05, 0) is 50.6 Å². The normalized spacial score (nSPS) is 18.0. The highest BCUT2D eigenvalue weighted by molar-refractivity contribution is 6.00. The fourth-order valence-corrected chi connectivity index (χ4v) is 5.88. The van der Waals surface area contributed by atoms with Crippen LogP contribution >= 0.6 is 0 Å². The van der Waals surface area contributed by atoms with Gasteiger partial charge in [0.05, 0.1) is 18.4 Å². The van der Waals surface area contributed by atoms with E-state index in [0.717, 1.165) is 45.2 Å². The summed E-state index contributed by atoms with van der Waals surface area (Å²) in [6.07, 6.45) is 6.72. The quantitative estimate of drug-likeness (QED) is 0.306. The molecule has 1 aliphatic heterocycles. The fraction of sp³-hybridized carbons (Fsp3) is 0.606. The van der Waals surface area contributed by atoms with Crippen LogP contribution < -0.4 is 16.0 Å². The number of carbonyl (C=O) groups excluding carboxylic acids is 4. The van der Waals surface area contributed by atoms with Crippen LogP contribution in [-0.2, 0) is 25.7 Å². The van der Waals surface area contributed by atoms with Crippen LogP contribution in [-0.4, -0.2) is 101 Å². The van der Waals surface area contributed by atoms with Crippen LogP contribution in [0.25, 0.3) is 0 Å². The second-order valence-corrected chi connectivity index (χ2v) is 12.2. The van der Waals surface area contributed by atoms with Crippen LogP contribution in [0.5, 0.6) is 0 Å². The molecule has 2 aromatic rings. The number of nitrogens with zero attached hydrogens (tertiary/aromatic N) is 4. The number of rotatable bonds is 13. The molecule has 3 N–H and O–H groups in total. The van der Waals surface area contributed by atoms with Gasteiger partial charge in [0.15, 0.2) is 0 Å². The van der Waals surface area contributed by atoms with E-state index in [2.05, 4.69) is 25.9 Å². The lowest BCUT2D eigenvalue weighted by molar-refractivity contribution is -0.138. The van der Waals surface area contributed by atoms with E-state index >= 15 is 4.39 Å². The Bertz CT molecular complexity index is 1350. The zero-order valence-electron chi connectivity index (χ0n) is 27.4. The third kappa shape index (κ3) is 9.12. The van der Waals surface area contributed by atoms with Gasteiger partial charge in [-0.1, -0.05) is 39.2 Å². The number of carbonyl (C=O) groups is 4. The second kappa shape index (κ2) is 16.6. The molecule has 2 aliphatic rings. The standard InChI is InChI=1S/C33H48FN7O5/c1-5-29(42)38-30(33(45)40-18-16-39(4)17-19-40)22(3)23-12-13-26(25(34)20-23)36-31(43)27(21-46-24-10-8-7-9-11-24)37-32(44)28-14-15-35-41(28)6-2/h12-15,20,22,24,27,30H,5-11,16-19,21H2,1-4H3,(H,36,43)(H,37,44)(H,38,42)/t22-,27-,30+/m0/s1. The van der Waals surface area contributed by atoms with Crippen molar-refractivity contribution in [2.45, 2.75) is 89.9 Å². The molecule has 0 spiro atoms. The van der Waals surface area contributed by atoms with Crippen LogP contribution in [0.1, 0.15) is 81.3 Å². The number of hydrogen-bond donors (Lipinski definition) is 3. The van der Waals surface area contributed by atoms with E-state index < -0.39 is 35.6 Å². The first-order valence-electron chi connectivity index (χ1n) is 16.4. The number of anilines is 1.